The van der Waals surface area contributed by atoms with Crippen molar-refractivity contribution in [2.75, 3.05) is 0 Å². The first-order valence-corrected chi connectivity index (χ1v) is 4.49. The molecule has 0 aliphatic rings. The fourth-order valence-corrected chi connectivity index (χ4v) is 1.30. The SMILES string of the molecule is CC(S)c1cc(C(F)(F)F)c(F)cc1F. The zero-order chi connectivity index (χ0) is 11.8. The van der Waals surface area contributed by atoms with Crippen molar-refractivity contribution < 1.29 is 22.0 Å². The number of alkyl halides is 3. The molecule has 1 atom stereocenters. The molecule has 0 radical (unpaired) electrons. The number of thiol groups is 1. The molecule has 15 heavy (non-hydrogen) atoms. The van der Waals surface area contributed by atoms with E-state index in [1.165, 1.54) is 6.92 Å². The molecule has 6 heteroatoms. The van der Waals surface area contributed by atoms with Crippen molar-refractivity contribution in [2.24, 2.45) is 0 Å². The third-order valence-corrected chi connectivity index (χ3v) is 2.12. The van der Waals surface area contributed by atoms with Crippen LogP contribution in [0.3, 0.4) is 0 Å². The highest BCUT2D eigenvalue weighted by molar-refractivity contribution is 7.80. The van der Waals surface area contributed by atoms with Gasteiger partial charge in [-0.05, 0) is 13.0 Å². The monoisotopic (exact) mass is 242 g/mol. The molecule has 0 heterocycles. The van der Waals surface area contributed by atoms with Crippen LogP contribution in [-0.2, 0) is 6.18 Å². The van der Waals surface area contributed by atoms with Gasteiger partial charge in [-0.15, -0.1) is 0 Å². The van der Waals surface area contributed by atoms with E-state index in [1.807, 2.05) is 0 Å². The summed E-state index contributed by atoms with van der Waals surface area (Å²) in [6.07, 6.45) is -4.82. The maximum Gasteiger partial charge on any atom is 0.419 e. The van der Waals surface area contributed by atoms with Crippen molar-refractivity contribution in [3.63, 3.8) is 0 Å². The lowest BCUT2D eigenvalue weighted by Crippen LogP contribution is -2.10. The zero-order valence-electron chi connectivity index (χ0n) is 7.57. The first kappa shape index (κ1) is 12.3. The Morgan fingerprint density at radius 2 is 1.67 bits per heavy atom. The molecule has 0 saturated heterocycles. The van der Waals surface area contributed by atoms with Gasteiger partial charge in [-0.1, -0.05) is 0 Å². The number of rotatable bonds is 1. The second-order valence-corrected chi connectivity index (χ2v) is 3.80. The van der Waals surface area contributed by atoms with Gasteiger partial charge in [0, 0.05) is 16.9 Å². The smallest absolute Gasteiger partial charge is 0.207 e. The largest absolute Gasteiger partial charge is 0.419 e. The molecule has 84 valence electrons. The highest BCUT2D eigenvalue weighted by Gasteiger charge is 2.35. The van der Waals surface area contributed by atoms with Gasteiger partial charge in [0.2, 0.25) is 0 Å². The van der Waals surface area contributed by atoms with Crippen LogP contribution in [0.2, 0.25) is 0 Å². The van der Waals surface area contributed by atoms with Gasteiger partial charge in [-0.25, -0.2) is 8.78 Å². The summed E-state index contributed by atoms with van der Waals surface area (Å²) in [6, 6.07) is 0.674. The molecule has 0 N–H and O–H groups in total. The van der Waals surface area contributed by atoms with E-state index in [9.17, 15) is 22.0 Å². The highest BCUT2D eigenvalue weighted by atomic mass is 32.1. The van der Waals surface area contributed by atoms with Crippen molar-refractivity contribution in [3.8, 4) is 0 Å². The van der Waals surface area contributed by atoms with Crippen molar-refractivity contribution in [3.05, 3.63) is 34.9 Å². The van der Waals surface area contributed by atoms with E-state index >= 15 is 0 Å². The molecule has 0 aliphatic heterocycles. The predicted octanol–water partition coefficient (Wildman–Crippen LogP) is 3.97. The predicted molar refractivity (Wildman–Crippen MR) is 48.8 cm³/mol. The van der Waals surface area contributed by atoms with Crippen LogP contribution in [0.15, 0.2) is 12.1 Å². The van der Waals surface area contributed by atoms with E-state index in [0.29, 0.717) is 6.07 Å². The topological polar surface area (TPSA) is 0 Å². The normalized spacial score (nSPS) is 14.1. The maximum atomic E-state index is 13.0. The van der Waals surface area contributed by atoms with E-state index in [0.717, 1.165) is 0 Å². The molecule has 0 aromatic heterocycles. The summed E-state index contributed by atoms with van der Waals surface area (Å²) < 4.78 is 62.5. The van der Waals surface area contributed by atoms with Gasteiger partial charge in [0.15, 0.2) is 0 Å². The summed E-state index contributed by atoms with van der Waals surface area (Å²) in [5.74, 6) is -2.64. The molecular weight excluding hydrogens is 235 g/mol. The zero-order valence-corrected chi connectivity index (χ0v) is 8.46. The minimum atomic E-state index is -4.82. The van der Waals surface area contributed by atoms with Gasteiger partial charge in [0.25, 0.3) is 0 Å². The van der Waals surface area contributed by atoms with Crippen LogP contribution < -0.4 is 0 Å². The van der Waals surface area contributed by atoms with Gasteiger partial charge < -0.3 is 0 Å². The molecule has 1 unspecified atom stereocenters. The summed E-state index contributed by atoms with van der Waals surface area (Å²) in [4.78, 5) is 0. The Hall–Kier alpha value is -0.780. The van der Waals surface area contributed by atoms with E-state index in [1.54, 1.807) is 0 Å². The van der Waals surface area contributed by atoms with Crippen molar-refractivity contribution in [1.29, 1.82) is 0 Å². The Balaban J connectivity index is 3.37. The first-order valence-electron chi connectivity index (χ1n) is 3.97. The molecule has 0 saturated carbocycles. The van der Waals surface area contributed by atoms with Crippen LogP contribution in [0.5, 0.6) is 0 Å². The second kappa shape index (κ2) is 4.00. The average Bonchev–Trinajstić information content (AvgIpc) is 2.00. The van der Waals surface area contributed by atoms with Crippen LogP contribution >= 0.6 is 12.6 Å². The van der Waals surface area contributed by atoms with Crippen LogP contribution in [0.4, 0.5) is 22.0 Å². The van der Waals surface area contributed by atoms with Crippen molar-refractivity contribution in [2.45, 2.75) is 18.3 Å². The summed E-state index contributed by atoms with van der Waals surface area (Å²) in [5, 5.41) is -0.730. The summed E-state index contributed by atoms with van der Waals surface area (Å²) in [6.45, 7) is 1.40. The van der Waals surface area contributed by atoms with E-state index in [2.05, 4.69) is 12.6 Å². The van der Waals surface area contributed by atoms with Crippen molar-refractivity contribution >= 4 is 12.6 Å². The third kappa shape index (κ3) is 2.62. The van der Waals surface area contributed by atoms with Gasteiger partial charge in [0.05, 0.1) is 5.56 Å². The minimum absolute atomic E-state index is 0.227. The Labute approximate surface area is 88.5 Å². The standard InChI is InChI=1S/C9H7F5S/c1-4(15)5-2-6(9(12,13)14)8(11)3-7(5)10/h2-4,15H,1H3. The van der Waals surface area contributed by atoms with Crippen LogP contribution in [0.1, 0.15) is 23.3 Å². The Morgan fingerprint density at radius 1 is 1.13 bits per heavy atom. The number of benzene rings is 1. The molecule has 0 spiro atoms. The number of hydrogen-bond donors (Lipinski definition) is 1. The summed E-state index contributed by atoms with van der Waals surface area (Å²) in [5.41, 5.74) is -1.74. The Bertz CT molecular complexity index is 370. The third-order valence-electron chi connectivity index (χ3n) is 1.84. The fourth-order valence-electron chi connectivity index (χ4n) is 1.10. The molecule has 0 bridgehead atoms. The van der Waals surface area contributed by atoms with Crippen molar-refractivity contribution in [1.82, 2.24) is 0 Å². The van der Waals surface area contributed by atoms with Crippen LogP contribution in [0.25, 0.3) is 0 Å². The molecule has 1 rings (SSSR count). The van der Waals surface area contributed by atoms with Crippen LogP contribution in [0, 0.1) is 11.6 Å². The fraction of sp³-hybridized carbons (Fsp3) is 0.333. The molecule has 1 aromatic rings. The maximum absolute atomic E-state index is 13.0. The van der Waals surface area contributed by atoms with Gasteiger partial charge in [-0.2, -0.15) is 25.8 Å². The van der Waals surface area contributed by atoms with Gasteiger partial charge in [-0.3, -0.25) is 0 Å². The molecule has 0 amide bonds. The summed E-state index contributed by atoms with van der Waals surface area (Å²) >= 11 is 3.80. The van der Waals surface area contributed by atoms with Gasteiger partial charge in [0.1, 0.15) is 11.6 Å². The molecule has 0 nitrogen and oxygen atoms in total. The minimum Gasteiger partial charge on any atom is -0.207 e. The summed E-state index contributed by atoms with van der Waals surface area (Å²) in [7, 11) is 0. The van der Waals surface area contributed by atoms with E-state index in [4.69, 9.17) is 0 Å². The molecule has 1 aromatic carbocycles. The first-order chi connectivity index (χ1) is 6.73. The van der Waals surface area contributed by atoms with Crippen LogP contribution in [-0.4, -0.2) is 0 Å². The second-order valence-electron chi connectivity index (χ2n) is 3.03. The quantitative estimate of drug-likeness (QED) is 0.559. The van der Waals surface area contributed by atoms with E-state index in [-0.39, 0.29) is 11.6 Å². The Morgan fingerprint density at radius 3 is 2.07 bits per heavy atom. The lowest BCUT2D eigenvalue weighted by molar-refractivity contribution is -0.140. The number of halogens is 5. The molecule has 0 fully saturated rings. The molecule has 0 aliphatic carbocycles. The lowest BCUT2D eigenvalue weighted by atomic mass is 10.1. The molecular formula is C9H7F5S. The lowest BCUT2D eigenvalue weighted by Gasteiger charge is -2.12. The van der Waals surface area contributed by atoms with E-state index < -0.39 is 28.6 Å². The number of hydrogen-bond acceptors (Lipinski definition) is 1. The average molecular weight is 242 g/mol. The highest BCUT2D eigenvalue weighted by Crippen LogP contribution is 2.35. The Kier molecular flexibility index (Phi) is 3.28. The van der Waals surface area contributed by atoms with Gasteiger partial charge >= 0.3 is 6.18 Å².